The molecule has 2 amide bonds. The van der Waals surface area contributed by atoms with E-state index in [4.69, 9.17) is 0 Å². The molecule has 1 fully saturated rings. The highest BCUT2D eigenvalue weighted by molar-refractivity contribution is 7.80. The Kier molecular flexibility index (Phi) is 5.47. The van der Waals surface area contributed by atoms with E-state index in [1.54, 1.807) is 0 Å². The van der Waals surface area contributed by atoms with Crippen LogP contribution in [0.4, 0.5) is 0 Å². The molecule has 0 radical (unpaired) electrons. The van der Waals surface area contributed by atoms with Gasteiger partial charge in [-0.1, -0.05) is 12.1 Å². The summed E-state index contributed by atoms with van der Waals surface area (Å²) in [5, 5.41) is 2.79. The van der Waals surface area contributed by atoms with Crippen LogP contribution in [-0.2, 0) is 16.0 Å². The zero-order valence-corrected chi connectivity index (χ0v) is 12.4. The molecule has 0 spiro atoms. The Morgan fingerprint density at radius 1 is 1.15 bits per heavy atom. The van der Waals surface area contributed by atoms with Gasteiger partial charge in [-0.2, -0.15) is 0 Å². The summed E-state index contributed by atoms with van der Waals surface area (Å²) < 4.78 is 0. The first kappa shape index (κ1) is 14.9. The van der Waals surface area contributed by atoms with E-state index >= 15 is 0 Å². The Labute approximate surface area is 124 Å². The van der Waals surface area contributed by atoms with Gasteiger partial charge in [-0.3, -0.25) is 9.59 Å². The Bertz CT molecular complexity index is 467. The largest absolute Gasteiger partial charge is 0.355 e. The molecule has 5 heteroatoms. The fourth-order valence-corrected chi connectivity index (χ4v) is 2.44. The molecule has 4 nitrogen and oxygen atoms in total. The number of thiol groups is 1. The van der Waals surface area contributed by atoms with Crippen LogP contribution < -0.4 is 5.32 Å². The molecule has 108 valence electrons. The maximum absolute atomic E-state index is 11.8. The van der Waals surface area contributed by atoms with Crippen LogP contribution in [0.2, 0.25) is 0 Å². The molecule has 1 aliphatic heterocycles. The van der Waals surface area contributed by atoms with Crippen LogP contribution in [0.3, 0.4) is 0 Å². The van der Waals surface area contributed by atoms with Crippen LogP contribution in [0.1, 0.15) is 24.8 Å². The topological polar surface area (TPSA) is 49.4 Å². The standard InChI is InChI=1S/C15H20N2O2S/c18-14(11-12-3-5-13(20)6-4-12)16-8-7-15(19)17-9-1-2-10-17/h3-6,20H,1-2,7-11H2,(H,16,18). The molecule has 2 rings (SSSR count). The maximum Gasteiger partial charge on any atom is 0.224 e. The quantitative estimate of drug-likeness (QED) is 0.811. The highest BCUT2D eigenvalue weighted by Gasteiger charge is 2.17. The first-order chi connectivity index (χ1) is 9.65. The minimum atomic E-state index is -0.0499. The van der Waals surface area contributed by atoms with Crippen LogP contribution in [-0.4, -0.2) is 36.3 Å². The molecule has 0 saturated carbocycles. The number of amides is 2. The molecule has 1 aromatic carbocycles. The fourth-order valence-electron chi connectivity index (χ4n) is 2.30. The van der Waals surface area contributed by atoms with Gasteiger partial charge in [0.1, 0.15) is 0 Å². The van der Waals surface area contributed by atoms with Gasteiger partial charge in [0, 0.05) is 31.0 Å². The van der Waals surface area contributed by atoms with Gasteiger partial charge < -0.3 is 10.2 Å². The first-order valence-electron chi connectivity index (χ1n) is 6.97. The number of rotatable bonds is 5. The van der Waals surface area contributed by atoms with Crippen LogP contribution in [0.25, 0.3) is 0 Å². The SMILES string of the molecule is O=C(Cc1ccc(S)cc1)NCCC(=O)N1CCCC1. The Hall–Kier alpha value is -1.49. The lowest BCUT2D eigenvalue weighted by Crippen LogP contribution is -2.33. The van der Waals surface area contributed by atoms with Gasteiger partial charge in [0.2, 0.25) is 11.8 Å². The lowest BCUT2D eigenvalue weighted by Gasteiger charge is -2.15. The minimum Gasteiger partial charge on any atom is -0.355 e. The van der Waals surface area contributed by atoms with E-state index in [0.717, 1.165) is 36.4 Å². The Morgan fingerprint density at radius 3 is 2.45 bits per heavy atom. The molecule has 0 bridgehead atoms. The molecule has 1 aliphatic rings. The van der Waals surface area contributed by atoms with Gasteiger partial charge >= 0.3 is 0 Å². The molecule has 0 unspecified atom stereocenters. The zero-order valence-electron chi connectivity index (χ0n) is 11.5. The van der Waals surface area contributed by atoms with Gasteiger partial charge in [-0.15, -0.1) is 12.6 Å². The van der Waals surface area contributed by atoms with Crippen molar-refractivity contribution in [3.05, 3.63) is 29.8 Å². The average molecular weight is 292 g/mol. The maximum atomic E-state index is 11.8. The van der Waals surface area contributed by atoms with Crippen molar-refractivity contribution in [3.8, 4) is 0 Å². The molecule has 0 aliphatic carbocycles. The molecule has 1 aromatic rings. The predicted molar refractivity (Wildman–Crippen MR) is 80.8 cm³/mol. The molecule has 1 N–H and O–H groups in total. The number of benzene rings is 1. The Morgan fingerprint density at radius 2 is 1.80 bits per heavy atom. The van der Waals surface area contributed by atoms with Gasteiger partial charge in [0.05, 0.1) is 6.42 Å². The lowest BCUT2D eigenvalue weighted by atomic mass is 10.1. The highest BCUT2D eigenvalue weighted by atomic mass is 32.1. The van der Waals surface area contributed by atoms with Crippen molar-refractivity contribution in [1.82, 2.24) is 10.2 Å². The number of likely N-dealkylation sites (tertiary alicyclic amines) is 1. The van der Waals surface area contributed by atoms with E-state index in [9.17, 15) is 9.59 Å². The van der Waals surface area contributed by atoms with Crippen molar-refractivity contribution in [2.24, 2.45) is 0 Å². The molecule has 1 saturated heterocycles. The summed E-state index contributed by atoms with van der Waals surface area (Å²) in [7, 11) is 0. The second-order valence-electron chi connectivity index (χ2n) is 5.03. The summed E-state index contributed by atoms with van der Waals surface area (Å²) in [5.74, 6) is 0.0911. The average Bonchev–Trinajstić information content (AvgIpc) is 2.95. The monoisotopic (exact) mass is 292 g/mol. The van der Waals surface area contributed by atoms with Crippen molar-refractivity contribution in [2.45, 2.75) is 30.6 Å². The fraction of sp³-hybridized carbons (Fsp3) is 0.467. The van der Waals surface area contributed by atoms with E-state index in [1.807, 2.05) is 29.2 Å². The number of hydrogen-bond acceptors (Lipinski definition) is 3. The summed E-state index contributed by atoms with van der Waals surface area (Å²) in [6.45, 7) is 2.14. The third kappa shape index (κ3) is 4.56. The van der Waals surface area contributed by atoms with Gasteiger partial charge in [-0.25, -0.2) is 0 Å². The number of nitrogens with one attached hydrogen (secondary N) is 1. The summed E-state index contributed by atoms with van der Waals surface area (Å²) >= 11 is 4.20. The van der Waals surface area contributed by atoms with E-state index in [-0.39, 0.29) is 11.8 Å². The van der Waals surface area contributed by atoms with E-state index in [1.165, 1.54) is 0 Å². The second kappa shape index (κ2) is 7.33. The van der Waals surface area contributed by atoms with E-state index < -0.39 is 0 Å². The van der Waals surface area contributed by atoms with Crippen molar-refractivity contribution in [1.29, 1.82) is 0 Å². The number of hydrogen-bond donors (Lipinski definition) is 2. The predicted octanol–water partition coefficient (Wildman–Crippen LogP) is 1.65. The molecular formula is C15H20N2O2S. The normalized spacial score (nSPS) is 14.3. The Balaban J connectivity index is 1.67. The van der Waals surface area contributed by atoms with Crippen molar-refractivity contribution >= 4 is 24.4 Å². The number of nitrogens with zero attached hydrogens (tertiary/aromatic N) is 1. The highest BCUT2D eigenvalue weighted by Crippen LogP contribution is 2.09. The number of carbonyl (C=O) groups is 2. The molecule has 1 heterocycles. The zero-order chi connectivity index (χ0) is 14.4. The summed E-state index contributed by atoms with van der Waals surface area (Å²) in [6.07, 6.45) is 2.92. The smallest absolute Gasteiger partial charge is 0.224 e. The third-order valence-corrected chi connectivity index (χ3v) is 3.72. The van der Waals surface area contributed by atoms with Crippen molar-refractivity contribution in [3.63, 3.8) is 0 Å². The van der Waals surface area contributed by atoms with Gasteiger partial charge in [0.25, 0.3) is 0 Å². The minimum absolute atomic E-state index is 0.0499. The third-order valence-electron chi connectivity index (χ3n) is 3.42. The van der Waals surface area contributed by atoms with E-state index in [0.29, 0.717) is 19.4 Å². The van der Waals surface area contributed by atoms with Crippen molar-refractivity contribution in [2.75, 3.05) is 19.6 Å². The van der Waals surface area contributed by atoms with Crippen LogP contribution in [0, 0.1) is 0 Å². The second-order valence-corrected chi connectivity index (χ2v) is 5.55. The van der Waals surface area contributed by atoms with Gasteiger partial charge in [0.15, 0.2) is 0 Å². The summed E-state index contributed by atoms with van der Waals surface area (Å²) in [6, 6.07) is 7.50. The van der Waals surface area contributed by atoms with Gasteiger partial charge in [-0.05, 0) is 30.5 Å². The van der Waals surface area contributed by atoms with E-state index in [2.05, 4.69) is 17.9 Å². The molecular weight excluding hydrogens is 272 g/mol. The van der Waals surface area contributed by atoms with Crippen LogP contribution in [0.5, 0.6) is 0 Å². The summed E-state index contributed by atoms with van der Waals surface area (Å²) in [4.78, 5) is 26.3. The molecule has 20 heavy (non-hydrogen) atoms. The van der Waals surface area contributed by atoms with Crippen LogP contribution in [0.15, 0.2) is 29.2 Å². The lowest BCUT2D eigenvalue weighted by molar-refractivity contribution is -0.130. The summed E-state index contributed by atoms with van der Waals surface area (Å²) in [5.41, 5.74) is 0.950. The first-order valence-corrected chi connectivity index (χ1v) is 7.42. The van der Waals surface area contributed by atoms with Crippen molar-refractivity contribution < 1.29 is 9.59 Å². The van der Waals surface area contributed by atoms with Crippen LogP contribution >= 0.6 is 12.6 Å². The molecule has 0 aromatic heterocycles. The molecule has 0 atom stereocenters. The number of carbonyl (C=O) groups excluding carboxylic acids is 2.